The molecule has 20 heavy (non-hydrogen) atoms. The summed E-state index contributed by atoms with van der Waals surface area (Å²) in [6, 6.07) is 8.21. The molecule has 3 aromatic rings. The number of aromatic amines is 2. The molecule has 102 valence electrons. The predicted molar refractivity (Wildman–Crippen MR) is 82.9 cm³/mol. The van der Waals surface area contributed by atoms with E-state index in [-0.39, 0.29) is 5.69 Å². The smallest absolute Gasteiger partial charge is 0.323 e. The standard InChI is InChI=1S/C14H12ClN3OS/c15-13-6-8-9(3-4-12(8)20-13)16-7-1-2-10-11(5-7)18-14(19)17-10/h1-2,5-6,9,16H,3-4H2,(H2,17,18,19). The fourth-order valence-electron chi connectivity index (χ4n) is 2.80. The second-order valence-corrected chi connectivity index (χ2v) is 6.77. The molecule has 0 saturated heterocycles. The van der Waals surface area contributed by atoms with Gasteiger partial charge in [-0.1, -0.05) is 11.6 Å². The van der Waals surface area contributed by atoms with Crippen molar-refractivity contribution < 1.29 is 0 Å². The minimum absolute atomic E-state index is 0.176. The van der Waals surface area contributed by atoms with Crippen LogP contribution in [0.3, 0.4) is 0 Å². The molecule has 6 heteroatoms. The normalized spacial score (nSPS) is 17.6. The molecular formula is C14H12ClN3OS. The number of fused-ring (bicyclic) bond motifs is 2. The van der Waals surface area contributed by atoms with Gasteiger partial charge in [-0.25, -0.2) is 4.79 Å². The number of aryl methyl sites for hydroxylation is 1. The van der Waals surface area contributed by atoms with Crippen molar-refractivity contribution in [3.8, 4) is 0 Å². The zero-order chi connectivity index (χ0) is 13.7. The molecule has 0 saturated carbocycles. The highest BCUT2D eigenvalue weighted by Crippen LogP contribution is 2.40. The SMILES string of the molecule is O=c1[nH]c2ccc(NC3CCc4sc(Cl)cc43)cc2[nH]1. The number of H-pyrrole nitrogens is 2. The molecular weight excluding hydrogens is 294 g/mol. The van der Waals surface area contributed by atoms with Crippen LogP contribution in [0.2, 0.25) is 4.34 Å². The molecule has 1 unspecified atom stereocenters. The molecule has 4 rings (SSSR count). The van der Waals surface area contributed by atoms with E-state index in [4.69, 9.17) is 11.6 Å². The number of rotatable bonds is 2. The fourth-order valence-corrected chi connectivity index (χ4v) is 4.16. The highest BCUT2D eigenvalue weighted by molar-refractivity contribution is 7.16. The topological polar surface area (TPSA) is 60.7 Å². The summed E-state index contributed by atoms with van der Waals surface area (Å²) in [6.45, 7) is 0. The Bertz CT molecular complexity index is 848. The summed E-state index contributed by atoms with van der Waals surface area (Å²) >= 11 is 7.74. The van der Waals surface area contributed by atoms with Gasteiger partial charge in [0.05, 0.1) is 21.4 Å². The second kappa shape index (κ2) is 4.40. The second-order valence-electron chi connectivity index (χ2n) is 5.00. The number of nitrogens with one attached hydrogen (secondary N) is 3. The number of hydrogen-bond donors (Lipinski definition) is 3. The average Bonchev–Trinajstić information content (AvgIpc) is 3.04. The van der Waals surface area contributed by atoms with E-state index in [2.05, 4.69) is 21.4 Å². The summed E-state index contributed by atoms with van der Waals surface area (Å²) in [5.74, 6) is 0. The molecule has 0 bridgehead atoms. The van der Waals surface area contributed by atoms with Crippen LogP contribution in [0.25, 0.3) is 11.0 Å². The molecule has 1 aromatic carbocycles. The predicted octanol–water partition coefficient (Wildman–Crippen LogP) is 3.67. The maximum atomic E-state index is 11.3. The Hall–Kier alpha value is -1.72. The number of aromatic nitrogens is 2. The van der Waals surface area contributed by atoms with Crippen LogP contribution in [-0.4, -0.2) is 9.97 Å². The number of halogens is 1. The monoisotopic (exact) mass is 305 g/mol. The van der Waals surface area contributed by atoms with Crippen LogP contribution in [-0.2, 0) is 6.42 Å². The third-order valence-electron chi connectivity index (χ3n) is 3.70. The van der Waals surface area contributed by atoms with Crippen molar-refractivity contribution in [2.24, 2.45) is 0 Å². The first-order valence-corrected chi connectivity index (χ1v) is 7.65. The summed E-state index contributed by atoms with van der Waals surface area (Å²) in [6.07, 6.45) is 2.16. The van der Waals surface area contributed by atoms with Gasteiger partial charge in [0.25, 0.3) is 0 Å². The average molecular weight is 306 g/mol. The zero-order valence-electron chi connectivity index (χ0n) is 10.5. The van der Waals surface area contributed by atoms with Crippen molar-refractivity contribution in [1.29, 1.82) is 0 Å². The Morgan fingerprint density at radius 3 is 3.00 bits per heavy atom. The fraction of sp³-hybridized carbons (Fsp3) is 0.214. The maximum Gasteiger partial charge on any atom is 0.323 e. The molecule has 3 N–H and O–H groups in total. The molecule has 0 radical (unpaired) electrons. The van der Waals surface area contributed by atoms with Gasteiger partial charge in [0.15, 0.2) is 0 Å². The van der Waals surface area contributed by atoms with Crippen LogP contribution < -0.4 is 11.0 Å². The number of hydrogen-bond acceptors (Lipinski definition) is 3. The summed E-state index contributed by atoms with van der Waals surface area (Å²) in [4.78, 5) is 18.2. The lowest BCUT2D eigenvalue weighted by Gasteiger charge is -2.14. The number of benzene rings is 1. The van der Waals surface area contributed by atoms with E-state index in [0.29, 0.717) is 6.04 Å². The Balaban J connectivity index is 1.66. The lowest BCUT2D eigenvalue weighted by molar-refractivity contribution is 0.762. The number of anilines is 1. The Kier molecular flexibility index (Phi) is 2.65. The Morgan fingerprint density at radius 2 is 2.10 bits per heavy atom. The van der Waals surface area contributed by atoms with Crippen molar-refractivity contribution in [3.63, 3.8) is 0 Å². The van der Waals surface area contributed by atoms with Crippen LogP contribution in [0.15, 0.2) is 29.1 Å². The van der Waals surface area contributed by atoms with Gasteiger partial charge in [0.2, 0.25) is 0 Å². The molecule has 1 aliphatic rings. The molecule has 0 amide bonds. The van der Waals surface area contributed by atoms with Gasteiger partial charge in [0.1, 0.15) is 0 Å². The van der Waals surface area contributed by atoms with Crippen molar-refractivity contribution in [2.75, 3.05) is 5.32 Å². The van der Waals surface area contributed by atoms with E-state index < -0.39 is 0 Å². The number of thiophene rings is 1. The number of imidazole rings is 1. The van der Waals surface area contributed by atoms with E-state index in [1.807, 2.05) is 18.2 Å². The Morgan fingerprint density at radius 1 is 1.25 bits per heavy atom. The molecule has 0 fully saturated rings. The van der Waals surface area contributed by atoms with Crippen molar-refractivity contribution in [2.45, 2.75) is 18.9 Å². The molecule has 1 atom stereocenters. The van der Waals surface area contributed by atoms with Crippen LogP contribution >= 0.6 is 22.9 Å². The van der Waals surface area contributed by atoms with Gasteiger partial charge in [-0.2, -0.15) is 0 Å². The summed E-state index contributed by atoms with van der Waals surface area (Å²) in [7, 11) is 0. The highest BCUT2D eigenvalue weighted by atomic mass is 35.5. The first-order chi connectivity index (χ1) is 9.69. The largest absolute Gasteiger partial charge is 0.378 e. The van der Waals surface area contributed by atoms with Gasteiger partial charge in [-0.3, -0.25) is 0 Å². The third kappa shape index (κ3) is 1.94. The molecule has 0 spiro atoms. The molecule has 4 nitrogen and oxygen atoms in total. The third-order valence-corrected chi connectivity index (χ3v) is 5.04. The van der Waals surface area contributed by atoms with Crippen molar-refractivity contribution >= 4 is 39.7 Å². The van der Waals surface area contributed by atoms with Crippen LogP contribution in [0.4, 0.5) is 5.69 Å². The van der Waals surface area contributed by atoms with Crippen molar-refractivity contribution in [3.05, 3.63) is 49.5 Å². The minimum atomic E-state index is -0.176. The van der Waals surface area contributed by atoms with Gasteiger partial charge in [-0.05, 0) is 42.7 Å². The van der Waals surface area contributed by atoms with Gasteiger partial charge < -0.3 is 15.3 Å². The lowest BCUT2D eigenvalue weighted by atomic mass is 10.1. The van der Waals surface area contributed by atoms with E-state index in [9.17, 15) is 4.79 Å². The summed E-state index contributed by atoms with van der Waals surface area (Å²) in [5.41, 5.74) is 3.79. The first kappa shape index (κ1) is 12.1. The van der Waals surface area contributed by atoms with E-state index in [1.54, 1.807) is 11.3 Å². The van der Waals surface area contributed by atoms with Crippen molar-refractivity contribution in [1.82, 2.24) is 9.97 Å². The molecule has 2 heterocycles. The van der Waals surface area contributed by atoms with Crippen LogP contribution in [0.1, 0.15) is 22.9 Å². The zero-order valence-corrected chi connectivity index (χ0v) is 12.1. The first-order valence-electron chi connectivity index (χ1n) is 6.46. The van der Waals surface area contributed by atoms with Crippen LogP contribution in [0, 0.1) is 0 Å². The molecule has 1 aliphatic carbocycles. The molecule has 2 aromatic heterocycles. The molecule has 0 aliphatic heterocycles. The summed E-state index contributed by atoms with van der Waals surface area (Å²) < 4.78 is 0.854. The van der Waals surface area contributed by atoms with Gasteiger partial charge in [0, 0.05) is 10.6 Å². The van der Waals surface area contributed by atoms with Crippen LogP contribution in [0.5, 0.6) is 0 Å². The minimum Gasteiger partial charge on any atom is -0.378 e. The highest BCUT2D eigenvalue weighted by Gasteiger charge is 2.24. The van der Waals surface area contributed by atoms with Gasteiger partial charge in [-0.15, -0.1) is 11.3 Å². The maximum absolute atomic E-state index is 11.3. The van der Waals surface area contributed by atoms with Gasteiger partial charge >= 0.3 is 5.69 Å². The Labute approximate surface area is 123 Å². The van der Waals surface area contributed by atoms with E-state index >= 15 is 0 Å². The summed E-state index contributed by atoms with van der Waals surface area (Å²) in [5, 5.41) is 3.52. The quantitative estimate of drug-likeness (QED) is 0.676. The van der Waals surface area contributed by atoms with E-state index in [0.717, 1.165) is 33.9 Å². The lowest BCUT2D eigenvalue weighted by Crippen LogP contribution is -2.06. The van der Waals surface area contributed by atoms with E-state index in [1.165, 1.54) is 10.4 Å².